The number of amides is 1. The molecule has 6 nitrogen and oxygen atoms in total. The van der Waals surface area contributed by atoms with Crippen molar-refractivity contribution in [2.45, 2.75) is 13.0 Å². The summed E-state index contributed by atoms with van der Waals surface area (Å²) >= 11 is 0. The molecule has 1 atom stereocenters. The molecule has 3 N–H and O–H groups in total. The maximum Gasteiger partial charge on any atom is 0.225 e. The number of carbonyl (C=O) groups is 1. The van der Waals surface area contributed by atoms with Gasteiger partial charge in [-0.15, -0.1) is 0 Å². The Kier molecular flexibility index (Phi) is 5.77. The summed E-state index contributed by atoms with van der Waals surface area (Å²) in [5.41, 5.74) is 13.2. The van der Waals surface area contributed by atoms with E-state index in [1.165, 1.54) is 6.42 Å². The summed E-state index contributed by atoms with van der Waals surface area (Å²) in [4.78, 5) is 13.4. The lowest BCUT2D eigenvalue weighted by Gasteiger charge is -2.04. The van der Waals surface area contributed by atoms with Crippen molar-refractivity contribution >= 4 is 5.91 Å². The predicted molar refractivity (Wildman–Crippen MR) is 45.0 cm³/mol. The number of hydrogen-bond donors (Lipinski definition) is 2. The van der Waals surface area contributed by atoms with E-state index in [1.807, 2.05) is 0 Å². The number of carbonyl (C=O) groups excluding carboxylic acids is 1. The number of azide groups is 1. The third kappa shape index (κ3) is 6.85. The zero-order valence-electron chi connectivity index (χ0n) is 6.90. The first kappa shape index (κ1) is 10.7. The molecule has 1 amide bonds. The summed E-state index contributed by atoms with van der Waals surface area (Å²) < 4.78 is 0. The Balaban J connectivity index is 3.37. The van der Waals surface area contributed by atoms with Gasteiger partial charge in [-0.1, -0.05) is 5.11 Å². The van der Waals surface area contributed by atoms with Gasteiger partial charge in [0.15, 0.2) is 0 Å². The van der Waals surface area contributed by atoms with E-state index in [1.54, 1.807) is 6.92 Å². The first-order valence-electron chi connectivity index (χ1n) is 3.56. The smallest absolute Gasteiger partial charge is 0.225 e. The molecule has 0 aromatic carbocycles. The summed E-state index contributed by atoms with van der Waals surface area (Å²) in [7, 11) is 0. The molecule has 0 aliphatic rings. The Morgan fingerprint density at radius 2 is 2.58 bits per heavy atom. The van der Waals surface area contributed by atoms with Gasteiger partial charge in [0.2, 0.25) is 5.91 Å². The Hall–Kier alpha value is -1.26. The third-order valence-electron chi connectivity index (χ3n) is 0.989. The van der Waals surface area contributed by atoms with E-state index in [4.69, 9.17) is 11.3 Å². The van der Waals surface area contributed by atoms with E-state index in [-0.39, 0.29) is 18.5 Å². The van der Waals surface area contributed by atoms with Crippen LogP contribution < -0.4 is 11.1 Å². The van der Waals surface area contributed by atoms with Crippen LogP contribution in [0, 0.1) is 6.42 Å². The summed E-state index contributed by atoms with van der Waals surface area (Å²) in [6.45, 7) is 2.30. The molecule has 0 bridgehead atoms. The fraction of sp³-hybridized carbons (Fsp3) is 0.667. The van der Waals surface area contributed by atoms with Crippen molar-refractivity contribution in [3.8, 4) is 0 Å². The van der Waals surface area contributed by atoms with Crippen LogP contribution in [-0.2, 0) is 4.79 Å². The van der Waals surface area contributed by atoms with E-state index >= 15 is 0 Å². The number of nitrogens with zero attached hydrogens (tertiary/aromatic N) is 3. The van der Waals surface area contributed by atoms with Gasteiger partial charge in [0.1, 0.15) is 0 Å². The summed E-state index contributed by atoms with van der Waals surface area (Å²) in [5.74, 6) is -0.238. The van der Waals surface area contributed by atoms with E-state index < -0.39 is 0 Å². The molecule has 0 saturated heterocycles. The van der Waals surface area contributed by atoms with E-state index in [0.717, 1.165) is 0 Å². The molecule has 6 heteroatoms. The largest absolute Gasteiger partial charge is 0.356 e. The molecule has 67 valence electrons. The van der Waals surface area contributed by atoms with Gasteiger partial charge in [0.25, 0.3) is 0 Å². The Labute approximate surface area is 70.7 Å². The van der Waals surface area contributed by atoms with Crippen LogP contribution in [0.4, 0.5) is 0 Å². The third-order valence-corrected chi connectivity index (χ3v) is 0.989. The SMILES string of the molecule is C[C@H](N)[CH]C(=O)NCCN=[N+]=[N-]. The van der Waals surface area contributed by atoms with Crippen molar-refractivity contribution in [3.63, 3.8) is 0 Å². The first-order valence-corrected chi connectivity index (χ1v) is 3.56. The maximum atomic E-state index is 10.8. The molecule has 0 aromatic heterocycles. The highest BCUT2D eigenvalue weighted by Crippen LogP contribution is 1.82. The van der Waals surface area contributed by atoms with Crippen molar-refractivity contribution in [3.05, 3.63) is 16.9 Å². The van der Waals surface area contributed by atoms with Crippen LogP contribution in [0.5, 0.6) is 0 Å². The molecule has 0 saturated carbocycles. The second-order valence-electron chi connectivity index (χ2n) is 2.27. The summed E-state index contributed by atoms with van der Waals surface area (Å²) in [6.07, 6.45) is 1.36. The normalized spacial score (nSPS) is 11.5. The minimum absolute atomic E-state index is 0.238. The van der Waals surface area contributed by atoms with Gasteiger partial charge in [0, 0.05) is 24.0 Å². The fourth-order valence-electron chi connectivity index (χ4n) is 0.572. The molecule has 0 fully saturated rings. The van der Waals surface area contributed by atoms with Gasteiger partial charge in [-0.25, -0.2) is 0 Å². The number of nitrogens with two attached hydrogens (primary N) is 1. The van der Waals surface area contributed by atoms with Gasteiger partial charge >= 0.3 is 0 Å². The second kappa shape index (κ2) is 6.45. The minimum atomic E-state index is -0.260. The quantitative estimate of drug-likeness (QED) is 0.261. The van der Waals surface area contributed by atoms with Gasteiger partial charge in [0.05, 0.1) is 6.42 Å². The molecular formula is C6H12N5O. The molecule has 0 spiro atoms. The molecule has 1 radical (unpaired) electrons. The number of hydrogen-bond acceptors (Lipinski definition) is 3. The van der Waals surface area contributed by atoms with E-state index in [2.05, 4.69) is 15.3 Å². The van der Waals surface area contributed by atoms with Gasteiger partial charge in [-0.2, -0.15) is 0 Å². The van der Waals surface area contributed by atoms with Crippen LogP contribution >= 0.6 is 0 Å². The molecule has 0 aliphatic heterocycles. The molecule has 0 heterocycles. The molecule has 0 aromatic rings. The number of nitrogens with one attached hydrogen (secondary N) is 1. The Bertz CT molecular complexity index is 184. The van der Waals surface area contributed by atoms with Crippen LogP contribution in [0.15, 0.2) is 5.11 Å². The molecule has 12 heavy (non-hydrogen) atoms. The van der Waals surface area contributed by atoms with Crippen molar-refractivity contribution in [1.82, 2.24) is 5.32 Å². The fourth-order valence-corrected chi connectivity index (χ4v) is 0.572. The van der Waals surface area contributed by atoms with Gasteiger partial charge < -0.3 is 11.1 Å². The maximum absolute atomic E-state index is 10.8. The standard InChI is InChI=1S/C6H12N5O/c1-5(7)4-6(12)9-2-3-10-11-8/h4-5H,2-3,7H2,1H3,(H,9,12)/t5-/m0/s1. The predicted octanol–water partition coefficient (Wildman–Crippen LogP) is -0.0356. The van der Waals surface area contributed by atoms with E-state index in [0.29, 0.717) is 6.54 Å². The molecular weight excluding hydrogens is 158 g/mol. The van der Waals surface area contributed by atoms with Crippen LogP contribution in [0.3, 0.4) is 0 Å². The average molecular weight is 170 g/mol. The lowest BCUT2D eigenvalue weighted by molar-refractivity contribution is -0.118. The van der Waals surface area contributed by atoms with Crippen LogP contribution in [0.25, 0.3) is 10.4 Å². The van der Waals surface area contributed by atoms with Gasteiger partial charge in [-0.3, -0.25) is 4.79 Å². The van der Waals surface area contributed by atoms with Crippen LogP contribution in [0.1, 0.15) is 6.92 Å². The molecule has 0 unspecified atom stereocenters. The van der Waals surface area contributed by atoms with Gasteiger partial charge in [-0.05, 0) is 12.5 Å². The highest BCUT2D eigenvalue weighted by Gasteiger charge is 2.03. The van der Waals surface area contributed by atoms with E-state index in [9.17, 15) is 4.79 Å². The zero-order valence-corrected chi connectivity index (χ0v) is 6.90. The van der Waals surface area contributed by atoms with Crippen molar-refractivity contribution < 1.29 is 4.79 Å². The van der Waals surface area contributed by atoms with Crippen molar-refractivity contribution in [2.75, 3.05) is 13.1 Å². The number of rotatable bonds is 5. The lowest BCUT2D eigenvalue weighted by atomic mass is 10.2. The molecule has 0 rings (SSSR count). The lowest BCUT2D eigenvalue weighted by Crippen LogP contribution is -2.32. The highest BCUT2D eigenvalue weighted by molar-refractivity contribution is 5.85. The van der Waals surface area contributed by atoms with Crippen LogP contribution in [0.2, 0.25) is 0 Å². The van der Waals surface area contributed by atoms with Crippen molar-refractivity contribution in [2.24, 2.45) is 10.8 Å². The topological polar surface area (TPSA) is 104 Å². The monoisotopic (exact) mass is 170 g/mol. The highest BCUT2D eigenvalue weighted by atomic mass is 16.1. The Morgan fingerprint density at radius 3 is 3.08 bits per heavy atom. The molecule has 0 aliphatic carbocycles. The zero-order chi connectivity index (χ0) is 9.40. The van der Waals surface area contributed by atoms with Crippen LogP contribution in [-0.4, -0.2) is 25.0 Å². The second-order valence-corrected chi connectivity index (χ2v) is 2.27. The average Bonchev–Trinajstić information content (AvgIpc) is 1.97. The Morgan fingerprint density at radius 1 is 1.92 bits per heavy atom. The van der Waals surface area contributed by atoms with Crippen molar-refractivity contribution in [1.29, 1.82) is 0 Å². The first-order chi connectivity index (χ1) is 5.66. The summed E-state index contributed by atoms with van der Waals surface area (Å²) in [6, 6.07) is -0.260. The summed E-state index contributed by atoms with van der Waals surface area (Å²) in [5, 5.41) is 5.75. The minimum Gasteiger partial charge on any atom is -0.356 e.